The first-order valence-electron chi connectivity index (χ1n) is 8.46. The molecule has 0 bridgehead atoms. The Hall–Kier alpha value is -3.42. The fourth-order valence-electron chi connectivity index (χ4n) is 3.15. The molecule has 0 aromatic heterocycles. The molecule has 1 aliphatic rings. The molecule has 0 spiro atoms. The molecule has 8 heteroatoms. The summed E-state index contributed by atoms with van der Waals surface area (Å²) in [6.07, 6.45) is 1.31. The van der Waals surface area contributed by atoms with E-state index in [1.807, 2.05) is 0 Å². The topological polar surface area (TPSA) is 102 Å². The van der Waals surface area contributed by atoms with Crippen LogP contribution in [0.5, 0.6) is 5.75 Å². The fraction of sp³-hybridized carbons (Fsp3) is 0.263. The first kappa shape index (κ1) is 18.4. The second-order valence-corrected chi connectivity index (χ2v) is 6.20. The molecule has 1 N–H and O–H groups in total. The van der Waals surface area contributed by atoms with Crippen molar-refractivity contribution in [3.8, 4) is 5.75 Å². The van der Waals surface area contributed by atoms with Crippen LogP contribution >= 0.6 is 0 Å². The van der Waals surface area contributed by atoms with Crippen LogP contribution in [0.25, 0.3) is 0 Å². The van der Waals surface area contributed by atoms with Crippen molar-refractivity contribution in [3.05, 3.63) is 57.6 Å². The van der Waals surface area contributed by atoms with E-state index in [1.165, 1.54) is 32.2 Å². The van der Waals surface area contributed by atoms with E-state index in [1.54, 1.807) is 23.1 Å². The molecule has 2 amide bonds. The van der Waals surface area contributed by atoms with Crippen molar-refractivity contribution in [1.29, 1.82) is 0 Å². The van der Waals surface area contributed by atoms with Gasteiger partial charge in [-0.15, -0.1) is 0 Å². The molecule has 1 saturated heterocycles. The maximum Gasteiger partial charge on any atom is 0.273 e. The summed E-state index contributed by atoms with van der Waals surface area (Å²) in [4.78, 5) is 36.7. The summed E-state index contributed by atoms with van der Waals surface area (Å²) in [5.41, 5.74) is 1.54. The number of rotatable bonds is 5. The van der Waals surface area contributed by atoms with Gasteiger partial charge in [0.25, 0.3) is 11.6 Å². The summed E-state index contributed by atoms with van der Waals surface area (Å²) in [6.45, 7) is 2.17. The third kappa shape index (κ3) is 3.59. The number of nitro groups is 1. The van der Waals surface area contributed by atoms with Crippen LogP contribution in [0.4, 0.5) is 17.1 Å². The van der Waals surface area contributed by atoms with E-state index in [2.05, 4.69) is 5.32 Å². The number of hydrogen-bond donors (Lipinski definition) is 1. The smallest absolute Gasteiger partial charge is 0.273 e. The number of methoxy groups -OCH3 is 1. The van der Waals surface area contributed by atoms with Gasteiger partial charge in [0.2, 0.25) is 5.91 Å². The number of nitrogens with one attached hydrogen (secondary N) is 1. The Morgan fingerprint density at radius 2 is 2.07 bits per heavy atom. The van der Waals surface area contributed by atoms with Crippen LogP contribution in [0, 0.1) is 17.0 Å². The average molecular weight is 369 g/mol. The molecule has 140 valence electrons. The lowest BCUT2D eigenvalue weighted by Crippen LogP contribution is -2.24. The number of hydrogen-bond acceptors (Lipinski definition) is 5. The van der Waals surface area contributed by atoms with Crippen molar-refractivity contribution in [2.45, 2.75) is 19.8 Å². The van der Waals surface area contributed by atoms with Gasteiger partial charge in [-0.05, 0) is 31.5 Å². The second-order valence-electron chi connectivity index (χ2n) is 6.20. The number of benzene rings is 2. The summed E-state index contributed by atoms with van der Waals surface area (Å²) in [5, 5.41) is 13.8. The predicted molar refractivity (Wildman–Crippen MR) is 100 cm³/mol. The van der Waals surface area contributed by atoms with Crippen LogP contribution in [0.3, 0.4) is 0 Å². The van der Waals surface area contributed by atoms with Crippen molar-refractivity contribution >= 4 is 28.9 Å². The Balaban J connectivity index is 1.86. The van der Waals surface area contributed by atoms with Gasteiger partial charge in [-0.25, -0.2) is 0 Å². The molecule has 27 heavy (non-hydrogen) atoms. The molecule has 0 aliphatic carbocycles. The lowest BCUT2D eigenvalue weighted by molar-refractivity contribution is -0.385. The zero-order valence-corrected chi connectivity index (χ0v) is 15.0. The predicted octanol–water partition coefficient (Wildman–Crippen LogP) is 3.29. The van der Waals surface area contributed by atoms with Crippen molar-refractivity contribution in [1.82, 2.24) is 0 Å². The highest BCUT2D eigenvalue weighted by Crippen LogP contribution is 2.34. The van der Waals surface area contributed by atoms with Crippen LogP contribution in [-0.4, -0.2) is 30.4 Å². The average Bonchev–Trinajstić information content (AvgIpc) is 3.07. The Labute approximate surface area is 155 Å². The fourth-order valence-corrected chi connectivity index (χ4v) is 3.15. The Morgan fingerprint density at radius 1 is 1.30 bits per heavy atom. The number of carbonyl (C=O) groups excluding carboxylic acids is 2. The summed E-state index contributed by atoms with van der Waals surface area (Å²) in [5.74, 6) is 0.0550. The van der Waals surface area contributed by atoms with Gasteiger partial charge in [0.1, 0.15) is 5.75 Å². The summed E-state index contributed by atoms with van der Waals surface area (Å²) in [7, 11) is 1.50. The lowest BCUT2D eigenvalue weighted by Gasteiger charge is -2.19. The number of anilines is 2. The van der Waals surface area contributed by atoms with Crippen molar-refractivity contribution < 1.29 is 19.2 Å². The first-order valence-corrected chi connectivity index (χ1v) is 8.46. The first-order chi connectivity index (χ1) is 12.9. The monoisotopic (exact) mass is 369 g/mol. The minimum Gasteiger partial charge on any atom is -0.494 e. The molecule has 0 unspecified atom stereocenters. The van der Waals surface area contributed by atoms with Gasteiger partial charge >= 0.3 is 0 Å². The van der Waals surface area contributed by atoms with E-state index < -0.39 is 10.8 Å². The van der Waals surface area contributed by atoms with E-state index in [9.17, 15) is 19.7 Å². The van der Waals surface area contributed by atoms with Crippen LogP contribution < -0.4 is 15.0 Å². The highest BCUT2D eigenvalue weighted by Gasteiger charge is 2.25. The summed E-state index contributed by atoms with van der Waals surface area (Å²) in [6, 6.07) is 9.39. The zero-order chi connectivity index (χ0) is 19.6. The second kappa shape index (κ2) is 7.45. The molecule has 1 aliphatic heterocycles. The van der Waals surface area contributed by atoms with Gasteiger partial charge in [0, 0.05) is 41.9 Å². The Kier molecular flexibility index (Phi) is 5.07. The van der Waals surface area contributed by atoms with Gasteiger partial charge in [0.15, 0.2) is 0 Å². The SMILES string of the molecule is COc1cc(NC(=O)c2cccc([N+](=O)[O-])c2C)ccc1N1CCCC1=O. The van der Waals surface area contributed by atoms with Gasteiger partial charge in [-0.1, -0.05) is 6.07 Å². The molecule has 2 aromatic carbocycles. The molecule has 1 heterocycles. The van der Waals surface area contributed by atoms with Crippen LogP contribution in [-0.2, 0) is 4.79 Å². The van der Waals surface area contributed by atoms with Crippen molar-refractivity contribution in [3.63, 3.8) is 0 Å². The van der Waals surface area contributed by atoms with Crippen molar-refractivity contribution in [2.75, 3.05) is 23.9 Å². The molecular weight excluding hydrogens is 350 g/mol. The Bertz CT molecular complexity index is 926. The molecule has 0 radical (unpaired) electrons. The molecule has 1 fully saturated rings. The maximum absolute atomic E-state index is 12.6. The lowest BCUT2D eigenvalue weighted by atomic mass is 10.1. The summed E-state index contributed by atoms with van der Waals surface area (Å²) < 4.78 is 5.37. The maximum atomic E-state index is 12.6. The number of amides is 2. The highest BCUT2D eigenvalue weighted by molar-refractivity contribution is 6.06. The number of nitro benzene ring substituents is 1. The third-order valence-corrected chi connectivity index (χ3v) is 4.55. The molecular formula is C19H19N3O5. The van der Waals surface area contributed by atoms with E-state index in [0.29, 0.717) is 35.7 Å². The van der Waals surface area contributed by atoms with Gasteiger partial charge in [0.05, 0.1) is 17.7 Å². The molecule has 0 saturated carbocycles. The van der Waals surface area contributed by atoms with Gasteiger partial charge < -0.3 is 15.0 Å². The standard InChI is InChI=1S/C19H19N3O5/c1-12-14(5-3-6-15(12)22(25)26)19(24)20-13-8-9-16(17(11-13)27-2)21-10-4-7-18(21)23/h3,5-6,8-9,11H,4,7,10H2,1-2H3,(H,20,24). The van der Waals surface area contributed by atoms with Crippen molar-refractivity contribution in [2.24, 2.45) is 0 Å². The minimum atomic E-state index is -0.517. The molecule has 3 rings (SSSR count). The van der Waals surface area contributed by atoms with Crippen LogP contribution in [0.2, 0.25) is 0 Å². The molecule has 2 aromatic rings. The van der Waals surface area contributed by atoms with Crippen LogP contribution in [0.1, 0.15) is 28.8 Å². The molecule has 0 atom stereocenters. The Morgan fingerprint density at radius 3 is 2.70 bits per heavy atom. The number of ether oxygens (including phenoxy) is 1. The van der Waals surface area contributed by atoms with E-state index in [0.717, 1.165) is 6.42 Å². The molecule has 8 nitrogen and oxygen atoms in total. The minimum absolute atomic E-state index is 0.0392. The van der Waals surface area contributed by atoms with E-state index in [4.69, 9.17) is 4.74 Å². The van der Waals surface area contributed by atoms with Gasteiger partial charge in [-0.3, -0.25) is 19.7 Å². The number of carbonyl (C=O) groups is 2. The zero-order valence-electron chi connectivity index (χ0n) is 15.0. The third-order valence-electron chi connectivity index (χ3n) is 4.55. The quantitative estimate of drug-likeness (QED) is 0.644. The van der Waals surface area contributed by atoms with Crippen LogP contribution in [0.15, 0.2) is 36.4 Å². The summed E-state index contributed by atoms with van der Waals surface area (Å²) >= 11 is 0. The largest absolute Gasteiger partial charge is 0.494 e. The van der Waals surface area contributed by atoms with Gasteiger partial charge in [-0.2, -0.15) is 0 Å². The number of nitrogens with zero attached hydrogens (tertiary/aromatic N) is 2. The van der Waals surface area contributed by atoms with E-state index >= 15 is 0 Å². The highest BCUT2D eigenvalue weighted by atomic mass is 16.6. The normalized spacial score (nSPS) is 13.6. The van der Waals surface area contributed by atoms with E-state index in [-0.39, 0.29) is 17.2 Å².